The largest absolute Gasteiger partial charge is 0.482 e. The molecule has 0 aliphatic carbocycles. The summed E-state index contributed by atoms with van der Waals surface area (Å²) >= 11 is 0. The van der Waals surface area contributed by atoms with E-state index in [0.717, 1.165) is 6.42 Å². The Bertz CT molecular complexity index is 710. The highest BCUT2D eigenvalue weighted by atomic mass is 32.2. The minimum atomic E-state index is -3.37. The van der Waals surface area contributed by atoms with Gasteiger partial charge in [0, 0.05) is 5.56 Å². The van der Waals surface area contributed by atoms with Gasteiger partial charge in [0.1, 0.15) is 11.0 Å². The number of ether oxygens (including phenoxy) is 1. The van der Waals surface area contributed by atoms with Crippen LogP contribution in [0, 0.1) is 0 Å². The Hall–Kier alpha value is -1.89. The molecule has 7 heteroatoms. The zero-order valence-corrected chi connectivity index (χ0v) is 12.1. The molecule has 1 unspecified atom stereocenters. The molecule has 112 valence electrons. The van der Waals surface area contributed by atoms with Crippen molar-refractivity contribution in [3.05, 3.63) is 23.8 Å². The van der Waals surface area contributed by atoms with E-state index in [0.29, 0.717) is 24.3 Å². The van der Waals surface area contributed by atoms with Crippen molar-refractivity contribution >= 4 is 27.2 Å². The highest BCUT2D eigenvalue weighted by Gasteiger charge is 2.35. The van der Waals surface area contributed by atoms with Crippen molar-refractivity contribution in [2.45, 2.75) is 24.5 Å². The number of carbonyl (C=O) groups excluding carboxylic acids is 2. The van der Waals surface area contributed by atoms with Crippen LogP contribution in [-0.4, -0.2) is 37.7 Å². The lowest BCUT2D eigenvalue weighted by atomic mass is 10.0. The Labute approximate surface area is 122 Å². The maximum atomic E-state index is 12.4. The number of amides is 1. The molecule has 1 aromatic carbocycles. The summed E-state index contributed by atoms with van der Waals surface area (Å²) in [5.74, 6) is -0.152. The average molecular weight is 309 g/mol. The normalized spacial score (nSPS) is 23.6. The van der Waals surface area contributed by atoms with E-state index in [-0.39, 0.29) is 23.8 Å². The van der Waals surface area contributed by atoms with Gasteiger partial charge in [-0.05, 0) is 31.0 Å². The molecule has 1 atom stereocenters. The minimum Gasteiger partial charge on any atom is -0.482 e. The second kappa shape index (κ2) is 5.14. The van der Waals surface area contributed by atoms with Crippen LogP contribution in [-0.2, 0) is 14.6 Å². The van der Waals surface area contributed by atoms with Gasteiger partial charge in [-0.25, -0.2) is 8.42 Å². The first kappa shape index (κ1) is 14.1. The highest BCUT2D eigenvalue weighted by molar-refractivity contribution is 7.92. The molecule has 1 saturated heterocycles. The summed E-state index contributed by atoms with van der Waals surface area (Å²) in [5, 5.41) is 1.65. The first-order valence-electron chi connectivity index (χ1n) is 6.80. The number of ketones is 1. The van der Waals surface area contributed by atoms with Gasteiger partial charge in [0.05, 0.1) is 11.4 Å². The zero-order valence-electron chi connectivity index (χ0n) is 11.3. The van der Waals surface area contributed by atoms with Gasteiger partial charge in [-0.2, -0.15) is 0 Å². The summed E-state index contributed by atoms with van der Waals surface area (Å²) in [6.07, 6.45) is 1.71. The number of sulfone groups is 1. The van der Waals surface area contributed by atoms with Crippen LogP contribution >= 0.6 is 0 Å². The number of Topliss-reactive ketones (excluding diaryl/α,β-unsaturated/α-hetero) is 1. The van der Waals surface area contributed by atoms with Crippen molar-refractivity contribution in [3.63, 3.8) is 0 Å². The van der Waals surface area contributed by atoms with Crippen LogP contribution < -0.4 is 10.1 Å². The van der Waals surface area contributed by atoms with Crippen LogP contribution in [0.25, 0.3) is 0 Å². The van der Waals surface area contributed by atoms with E-state index < -0.39 is 20.9 Å². The third-order valence-corrected chi connectivity index (χ3v) is 5.94. The van der Waals surface area contributed by atoms with Crippen LogP contribution in [0.3, 0.4) is 0 Å². The lowest BCUT2D eigenvalue weighted by Gasteiger charge is -2.22. The molecule has 1 aromatic rings. The predicted molar refractivity (Wildman–Crippen MR) is 76.3 cm³/mol. The highest BCUT2D eigenvalue weighted by Crippen LogP contribution is 2.30. The van der Waals surface area contributed by atoms with Crippen molar-refractivity contribution in [3.8, 4) is 5.75 Å². The van der Waals surface area contributed by atoms with Crippen molar-refractivity contribution in [2.24, 2.45) is 0 Å². The maximum Gasteiger partial charge on any atom is 0.262 e. The molecule has 0 radical (unpaired) electrons. The average Bonchev–Trinajstić information content (AvgIpc) is 2.45. The topological polar surface area (TPSA) is 89.5 Å². The fourth-order valence-corrected chi connectivity index (χ4v) is 4.55. The monoisotopic (exact) mass is 309 g/mol. The molecular weight excluding hydrogens is 294 g/mol. The van der Waals surface area contributed by atoms with E-state index in [2.05, 4.69) is 5.32 Å². The standard InChI is InChI=1S/C14H15NO5S/c16-13-8-20-11-5-4-9(7-10(11)15-13)14(17)12-3-1-2-6-21(12,18)19/h4-5,7,12H,1-3,6,8H2,(H,15,16). The summed E-state index contributed by atoms with van der Waals surface area (Å²) in [6, 6.07) is 4.61. The van der Waals surface area contributed by atoms with E-state index >= 15 is 0 Å². The fraction of sp³-hybridized carbons (Fsp3) is 0.429. The number of carbonyl (C=O) groups is 2. The van der Waals surface area contributed by atoms with Gasteiger partial charge in [0.2, 0.25) is 0 Å². The molecule has 0 aromatic heterocycles. The van der Waals surface area contributed by atoms with Gasteiger partial charge in [0.15, 0.2) is 22.2 Å². The molecular formula is C14H15NO5S. The Morgan fingerprint density at radius 2 is 2.10 bits per heavy atom. The summed E-state index contributed by atoms with van der Waals surface area (Å²) in [6.45, 7) is -0.0582. The van der Waals surface area contributed by atoms with E-state index in [1.807, 2.05) is 0 Å². The van der Waals surface area contributed by atoms with Crippen molar-refractivity contribution in [1.82, 2.24) is 0 Å². The van der Waals surface area contributed by atoms with Crippen molar-refractivity contribution in [2.75, 3.05) is 17.7 Å². The summed E-state index contributed by atoms with van der Waals surface area (Å²) in [7, 11) is -3.37. The van der Waals surface area contributed by atoms with Crippen molar-refractivity contribution in [1.29, 1.82) is 0 Å². The maximum absolute atomic E-state index is 12.4. The molecule has 21 heavy (non-hydrogen) atoms. The van der Waals surface area contributed by atoms with E-state index in [1.165, 1.54) is 6.07 Å². The number of hydrogen-bond acceptors (Lipinski definition) is 5. The molecule has 6 nitrogen and oxygen atoms in total. The molecule has 1 amide bonds. The number of rotatable bonds is 2. The quantitative estimate of drug-likeness (QED) is 0.828. The Morgan fingerprint density at radius 3 is 2.86 bits per heavy atom. The van der Waals surface area contributed by atoms with Gasteiger partial charge < -0.3 is 10.1 Å². The van der Waals surface area contributed by atoms with E-state index in [9.17, 15) is 18.0 Å². The minimum absolute atomic E-state index is 0.0582. The molecule has 2 heterocycles. The number of nitrogens with one attached hydrogen (secondary N) is 1. The molecule has 0 bridgehead atoms. The van der Waals surface area contributed by atoms with Gasteiger partial charge >= 0.3 is 0 Å². The van der Waals surface area contributed by atoms with Gasteiger partial charge in [-0.1, -0.05) is 6.42 Å². The molecule has 0 spiro atoms. The second-order valence-electron chi connectivity index (χ2n) is 5.26. The Balaban J connectivity index is 1.92. The lowest BCUT2D eigenvalue weighted by Crippen LogP contribution is -2.35. The predicted octanol–water partition coefficient (Wildman–Crippen LogP) is 1.17. The molecule has 3 rings (SSSR count). The zero-order chi connectivity index (χ0) is 15.0. The van der Waals surface area contributed by atoms with Gasteiger partial charge in [0.25, 0.3) is 5.91 Å². The Kier molecular flexibility index (Phi) is 3.44. The summed E-state index contributed by atoms with van der Waals surface area (Å²) in [4.78, 5) is 23.7. The third-order valence-electron chi connectivity index (χ3n) is 3.77. The summed E-state index contributed by atoms with van der Waals surface area (Å²) in [5.41, 5.74) is 0.695. The van der Waals surface area contributed by atoms with Crippen molar-refractivity contribution < 1.29 is 22.7 Å². The number of fused-ring (bicyclic) bond motifs is 1. The van der Waals surface area contributed by atoms with Crippen LogP contribution in [0.2, 0.25) is 0 Å². The Morgan fingerprint density at radius 1 is 1.29 bits per heavy atom. The molecule has 0 saturated carbocycles. The number of hydrogen-bond donors (Lipinski definition) is 1. The van der Waals surface area contributed by atoms with E-state index in [4.69, 9.17) is 4.74 Å². The molecule has 1 fully saturated rings. The number of benzene rings is 1. The lowest BCUT2D eigenvalue weighted by molar-refractivity contribution is -0.118. The number of anilines is 1. The smallest absolute Gasteiger partial charge is 0.262 e. The second-order valence-corrected chi connectivity index (χ2v) is 7.57. The van der Waals surface area contributed by atoms with Crippen LogP contribution in [0.4, 0.5) is 5.69 Å². The SMILES string of the molecule is O=C1COc2ccc(C(=O)C3CCCCS3(=O)=O)cc2N1. The molecule has 2 aliphatic heterocycles. The third kappa shape index (κ3) is 2.65. The summed E-state index contributed by atoms with van der Waals surface area (Å²) < 4.78 is 29.3. The van der Waals surface area contributed by atoms with Gasteiger partial charge in [-0.3, -0.25) is 9.59 Å². The van der Waals surface area contributed by atoms with Crippen LogP contribution in [0.15, 0.2) is 18.2 Å². The first-order chi connectivity index (χ1) is 9.97. The molecule has 2 aliphatic rings. The molecule has 1 N–H and O–H groups in total. The van der Waals surface area contributed by atoms with Crippen LogP contribution in [0.1, 0.15) is 29.6 Å². The first-order valence-corrected chi connectivity index (χ1v) is 8.51. The van der Waals surface area contributed by atoms with E-state index in [1.54, 1.807) is 12.1 Å². The van der Waals surface area contributed by atoms with Gasteiger partial charge in [-0.15, -0.1) is 0 Å². The fourth-order valence-electron chi connectivity index (χ4n) is 2.67. The van der Waals surface area contributed by atoms with Crippen LogP contribution in [0.5, 0.6) is 5.75 Å².